The van der Waals surface area contributed by atoms with Crippen LogP contribution in [0.3, 0.4) is 0 Å². The van der Waals surface area contributed by atoms with Crippen molar-refractivity contribution in [3.8, 4) is 33.9 Å². The molecule has 0 bridgehead atoms. The van der Waals surface area contributed by atoms with E-state index in [1.165, 1.54) is 0 Å². The molecule has 0 amide bonds. The van der Waals surface area contributed by atoms with Crippen molar-refractivity contribution in [3.63, 3.8) is 0 Å². The third-order valence-corrected chi connectivity index (χ3v) is 8.62. The van der Waals surface area contributed by atoms with Gasteiger partial charge in [0.1, 0.15) is 17.3 Å². The number of hydrogen-bond acceptors (Lipinski definition) is 6. The van der Waals surface area contributed by atoms with Crippen LogP contribution in [0.2, 0.25) is 0 Å². The maximum Gasteiger partial charge on any atom is 0.679 e. The third-order valence-electron chi connectivity index (χ3n) is 7.81. The molecule has 6 rings (SSSR count). The van der Waals surface area contributed by atoms with E-state index in [2.05, 4.69) is 0 Å². The molecule has 1 aromatic heterocycles. The van der Waals surface area contributed by atoms with Crippen molar-refractivity contribution in [3.05, 3.63) is 132 Å². The Morgan fingerprint density at radius 1 is 0.804 bits per heavy atom. The number of rotatable bonds is 14. The van der Waals surface area contributed by atoms with Crippen LogP contribution in [0, 0.1) is 0 Å². The normalized spacial score (nSPS) is 13.5. The average molecular weight is 710 g/mol. The van der Waals surface area contributed by atoms with Crippen LogP contribution < -0.4 is 9.47 Å². The van der Waals surface area contributed by atoms with E-state index in [0.717, 1.165) is 10.0 Å². The Morgan fingerprint density at radius 3 is 1.98 bits per heavy atom. The summed E-state index contributed by atoms with van der Waals surface area (Å²) in [5.74, 6) is -0.550. The fraction of sp³-hybridized carbons (Fsp3) is 0.108. The Kier molecular flexibility index (Phi) is 10.5. The lowest BCUT2D eigenvalue weighted by Gasteiger charge is -2.11. The number of carbonyl (C=O) groups is 1. The lowest BCUT2D eigenvalue weighted by Crippen LogP contribution is -2.14. The molecule has 0 atom stereocenters. The lowest BCUT2D eigenvalue weighted by molar-refractivity contribution is -0.139. The van der Waals surface area contributed by atoms with Crippen molar-refractivity contribution in [1.82, 2.24) is 4.48 Å². The lowest BCUT2D eigenvalue weighted by atomic mass is 10.0. The van der Waals surface area contributed by atoms with Gasteiger partial charge in [0, 0.05) is 22.4 Å². The van der Waals surface area contributed by atoms with Gasteiger partial charge in [-0.1, -0.05) is 60.7 Å². The second-order valence-electron chi connectivity index (χ2n) is 11.4. The summed E-state index contributed by atoms with van der Waals surface area (Å²) in [5, 5.41) is 8.93. The van der Waals surface area contributed by atoms with Crippen LogP contribution in [0.25, 0.3) is 28.0 Å². The second-order valence-corrected chi connectivity index (χ2v) is 12.9. The third kappa shape index (κ3) is 8.66. The highest BCUT2D eigenvalue weighted by molar-refractivity contribution is 7.85. The summed E-state index contributed by atoms with van der Waals surface area (Å²) < 4.78 is 73.0. The van der Waals surface area contributed by atoms with Crippen LogP contribution >= 0.6 is 0 Å². The van der Waals surface area contributed by atoms with Crippen molar-refractivity contribution < 1.29 is 41.0 Å². The van der Waals surface area contributed by atoms with Gasteiger partial charge >= 0.3 is 13.4 Å². The molecule has 2 heterocycles. The first-order chi connectivity index (χ1) is 24.6. The number of halogens is 2. The molecule has 0 fully saturated rings. The molecule has 51 heavy (non-hydrogen) atoms. The van der Waals surface area contributed by atoms with Crippen LogP contribution in [-0.2, 0) is 14.9 Å². The van der Waals surface area contributed by atoms with E-state index in [1.54, 1.807) is 54.6 Å². The first kappa shape index (κ1) is 35.0. The molecule has 0 saturated heterocycles. The molecule has 1 aliphatic rings. The number of amidine groups is 1. The van der Waals surface area contributed by atoms with E-state index in [1.807, 2.05) is 66.7 Å². The average Bonchev–Trinajstić information content (AvgIpc) is 3.72. The fourth-order valence-corrected chi connectivity index (χ4v) is 5.95. The van der Waals surface area contributed by atoms with Crippen LogP contribution in [0.15, 0.2) is 131 Å². The van der Waals surface area contributed by atoms with Gasteiger partial charge in [0.05, 0.1) is 18.1 Å². The summed E-state index contributed by atoms with van der Waals surface area (Å²) in [6.07, 6.45) is 1.91. The van der Waals surface area contributed by atoms with Crippen molar-refractivity contribution >= 4 is 46.4 Å². The van der Waals surface area contributed by atoms with E-state index in [9.17, 15) is 13.2 Å². The van der Waals surface area contributed by atoms with Crippen molar-refractivity contribution in [1.29, 1.82) is 0 Å². The largest absolute Gasteiger partial charge is 0.679 e. The van der Waals surface area contributed by atoms with Crippen molar-refractivity contribution in [2.45, 2.75) is 6.42 Å². The number of carboxylic acids is 1. The van der Waals surface area contributed by atoms with Gasteiger partial charge in [0.2, 0.25) is 0 Å². The Balaban J connectivity index is 1.42. The van der Waals surface area contributed by atoms with Gasteiger partial charge in [-0.25, -0.2) is 14.8 Å². The molecule has 4 aromatic carbocycles. The van der Waals surface area contributed by atoms with E-state index < -0.39 is 35.8 Å². The SMILES string of the molecule is O=C(O)COc1ccc(C2=N/C(=N\c3c(-c4ccccc4)cc(-c4ccc(OCCCS(=O)(=O)O)cc4)n3B(F)F)C(c3ccccc3)=C2)cc1. The molecular formula is C37H30BF2N3O7S. The Labute approximate surface area is 293 Å². The quantitative estimate of drug-likeness (QED) is 0.0699. The number of allylic oxidation sites excluding steroid dienone is 1. The Hall–Kier alpha value is -5.86. The predicted molar refractivity (Wildman–Crippen MR) is 193 cm³/mol. The molecule has 10 nitrogen and oxygen atoms in total. The number of ether oxygens (including phenoxy) is 2. The Bertz CT molecular complexity index is 2220. The molecule has 258 valence electrons. The van der Waals surface area contributed by atoms with Crippen LogP contribution in [0.5, 0.6) is 11.5 Å². The van der Waals surface area contributed by atoms with Gasteiger partial charge in [-0.3, -0.25) is 13.2 Å². The van der Waals surface area contributed by atoms with Crippen LogP contribution in [0.1, 0.15) is 17.5 Å². The summed E-state index contributed by atoms with van der Waals surface area (Å²) >= 11 is 0. The summed E-state index contributed by atoms with van der Waals surface area (Å²) in [7, 11) is -7.09. The van der Waals surface area contributed by atoms with E-state index in [4.69, 9.17) is 29.1 Å². The standard InChI is InChI=1S/C37H30BF2N3O7S/c39-38(40)43-34(28-14-18-29(19-15-28)49-20-7-21-51(46,47)48)23-32(26-10-5-2-6-11-26)37(43)42-36-31(25-8-3-1-4-9-25)22-33(41-36)27-12-16-30(17-13-27)50-24-35(44)45/h1-6,8-19,22-23H,7,20-21,24H2,(H,44,45)(H,46,47,48)/b42-36-. The van der Waals surface area contributed by atoms with E-state index in [0.29, 0.717) is 45.0 Å². The number of carboxylic acid groups (broad SMARTS) is 1. The minimum absolute atomic E-state index is 0.00371. The molecule has 0 spiro atoms. The van der Waals surface area contributed by atoms with Crippen LogP contribution in [-0.4, -0.2) is 66.4 Å². The van der Waals surface area contributed by atoms with E-state index >= 15 is 8.63 Å². The van der Waals surface area contributed by atoms with E-state index in [-0.39, 0.29) is 30.4 Å². The molecular weight excluding hydrogens is 679 g/mol. The smallest absolute Gasteiger partial charge is 0.494 e. The highest BCUT2D eigenvalue weighted by Crippen LogP contribution is 2.41. The maximum atomic E-state index is 15.2. The summed E-state index contributed by atoms with van der Waals surface area (Å²) in [6, 6.07) is 33.2. The maximum absolute atomic E-state index is 15.2. The highest BCUT2D eigenvalue weighted by Gasteiger charge is 2.30. The monoisotopic (exact) mass is 709 g/mol. The van der Waals surface area contributed by atoms with Gasteiger partial charge in [0.25, 0.3) is 10.1 Å². The van der Waals surface area contributed by atoms with Crippen molar-refractivity contribution in [2.24, 2.45) is 9.98 Å². The second kappa shape index (κ2) is 15.4. The predicted octanol–water partition coefficient (Wildman–Crippen LogP) is 7.33. The fourth-order valence-electron chi connectivity index (χ4n) is 5.47. The highest BCUT2D eigenvalue weighted by atomic mass is 32.2. The summed E-state index contributed by atoms with van der Waals surface area (Å²) in [5.41, 5.74) is 4.40. The number of aromatic nitrogens is 1. The minimum Gasteiger partial charge on any atom is -0.494 e. The topological polar surface area (TPSA) is 140 Å². The van der Waals surface area contributed by atoms with Gasteiger partial charge < -0.3 is 19.1 Å². The molecule has 2 N–H and O–H groups in total. The van der Waals surface area contributed by atoms with Gasteiger partial charge in [-0.2, -0.15) is 8.42 Å². The number of benzene rings is 4. The Morgan fingerprint density at radius 2 is 1.39 bits per heavy atom. The van der Waals surface area contributed by atoms with Crippen molar-refractivity contribution in [2.75, 3.05) is 19.0 Å². The number of hydrogen-bond donors (Lipinski definition) is 2. The zero-order valence-corrected chi connectivity index (χ0v) is 27.7. The van der Waals surface area contributed by atoms with Crippen LogP contribution in [0.4, 0.5) is 14.4 Å². The van der Waals surface area contributed by atoms with Gasteiger partial charge in [-0.15, -0.1) is 0 Å². The molecule has 0 radical (unpaired) electrons. The minimum atomic E-state index is -4.11. The first-order valence-corrected chi connectivity index (χ1v) is 17.3. The zero-order valence-electron chi connectivity index (χ0n) is 26.9. The molecule has 0 aliphatic carbocycles. The van der Waals surface area contributed by atoms with Gasteiger partial charge in [0.15, 0.2) is 12.4 Å². The molecule has 0 unspecified atom stereocenters. The first-order valence-electron chi connectivity index (χ1n) is 15.7. The number of aliphatic carboxylic acids is 1. The molecule has 14 heteroatoms. The molecule has 1 aliphatic heterocycles. The summed E-state index contributed by atoms with van der Waals surface area (Å²) in [4.78, 5) is 20.6. The molecule has 5 aromatic rings. The number of nitrogens with zero attached hydrogens (tertiary/aromatic N) is 3. The zero-order chi connectivity index (χ0) is 36.0. The number of aliphatic imine (C=N–C) groups is 2. The molecule has 0 saturated carbocycles. The summed E-state index contributed by atoms with van der Waals surface area (Å²) in [6.45, 7) is -0.447. The van der Waals surface area contributed by atoms with Gasteiger partial charge in [-0.05, 0) is 83.8 Å².